The van der Waals surface area contributed by atoms with Gasteiger partial charge in [0.2, 0.25) is 0 Å². The highest BCUT2D eigenvalue weighted by atomic mass is 14.9. The molecule has 1 fully saturated rings. The molecule has 1 aliphatic carbocycles. The number of nitrogens with zero attached hydrogens (tertiary/aromatic N) is 1. The first-order valence-corrected chi connectivity index (χ1v) is 7.38. The fourth-order valence-corrected chi connectivity index (χ4v) is 3.46. The van der Waals surface area contributed by atoms with Crippen molar-refractivity contribution in [2.75, 3.05) is 11.9 Å². The molecule has 0 atom stereocenters. The lowest BCUT2D eigenvalue weighted by Crippen LogP contribution is -2.28. The maximum atomic E-state index is 9.13. The number of anilines is 1. The van der Waals surface area contributed by atoms with E-state index < -0.39 is 0 Å². The van der Waals surface area contributed by atoms with E-state index in [0.717, 1.165) is 23.7 Å². The molecular weight excluding hydrogens is 232 g/mol. The van der Waals surface area contributed by atoms with Crippen LogP contribution in [0.15, 0.2) is 24.3 Å². The molecule has 0 amide bonds. The summed E-state index contributed by atoms with van der Waals surface area (Å²) in [7, 11) is 0. The van der Waals surface area contributed by atoms with Gasteiger partial charge in [-0.25, -0.2) is 0 Å². The molecule has 1 aromatic rings. The van der Waals surface area contributed by atoms with E-state index in [0.29, 0.717) is 5.41 Å². The Morgan fingerprint density at radius 3 is 2.58 bits per heavy atom. The van der Waals surface area contributed by atoms with E-state index in [4.69, 9.17) is 5.26 Å². The third-order valence-electron chi connectivity index (χ3n) is 4.21. The first-order chi connectivity index (χ1) is 9.15. The van der Waals surface area contributed by atoms with Gasteiger partial charge < -0.3 is 5.32 Å². The summed E-state index contributed by atoms with van der Waals surface area (Å²) >= 11 is 0. The van der Waals surface area contributed by atoms with E-state index in [1.807, 2.05) is 24.3 Å². The Morgan fingerprint density at radius 1 is 1.26 bits per heavy atom. The number of benzene rings is 1. The lowest BCUT2D eigenvalue weighted by molar-refractivity contribution is 0.252. The zero-order valence-electron chi connectivity index (χ0n) is 12.1. The normalized spacial score (nSPS) is 17.4. The van der Waals surface area contributed by atoms with Gasteiger partial charge in [0, 0.05) is 6.54 Å². The molecule has 0 spiro atoms. The second kappa shape index (κ2) is 6.10. The highest BCUT2D eigenvalue weighted by Crippen LogP contribution is 2.43. The molecule has 0 aliphatic heterocycles. The van der Waals surface area contributed by atoms with Gasteiger partial charge in [-0.05, 0) is 42.7 Å². The number of nitrogens with one attached hydrogen (secondary N) is 1. The van der Waals surface area contributed by atoms with E-state index in [-0.39, 0.29) is 0 Å². The number of hydrogen-bond donors (Lipinski definition) is 1. The van der Waals surface area contributed by atoms with Gasteiger partial charge in [-0.1, -0.05) is 38.8 Å². The summed E-state index contributed by atoms with van der Waals surface area (Å²) in [4.78, 5) is 0. The van der Waals surface area contributed by atoms with Crippen molar-refractivity contribution in [3.63, 3.8) is 0 Å². The van der Waals surface area contributed by atoms with Gasteiger partial charge in [-0.3, -0.25) is 0 Å². The molecule has 1 aliphatic rings. The van der Waals surface area contributed by atoms with Gasteiger partial charge >= 0.3 is 0 Å². The molecule has 2 heteroatoms. The van der Waals surface area contributed by atoms with Crippen LogP contribution >= 0.6 is 0 Å². The average molecular weight is 256 g/mol. The van der Waals surface area contributed by atoms with Crippen molar-refractivity contribution >= 4 is 5.69 Å². The summed E-state index contributed by atoms with van der Waals surface area (Å²) in [5, 5.41) is 12.7. The Bertz CT molecular complexity index is 451. The lowest BCUT2D eigenvalue weighted by atomic mass is 9.78. The maximum absolute atomic E-state index is 9.13. The van der Waals surface area contributed by atoms with Crippen LogP contribution in [0.4, 0.5) is 5.69 Å². The molecule has 2 rings (SSSR count). The Morgan fingerprint density at radius 2 is 1.95 bits per heavy atom. The largest absolute Gasteiger partial charge is 0.383 e. The fraction of sp³-hybridized carbons (Fsp3) is 0.588. The molecule has 2 nitrogen and oxygen atoms in total. The van der Waals surface area contributed by atoms with Gasteiger partial charge in [0.25, 0.3) is 0 Å². The smallest absolute Gasteiger partial charge is 0.101 e. The lowest BCUT2D eigenvalue weighted by Gasteiger charge is -2.31. The van der Waals surface area contributed by atoms with Crippen LogP contribution in [-0.4, -0.2) is 6.54 Å². The zero-order valence-corrected chi connectivity index (χ0v) is 12.1. The summed E-state index contributed by atoms with van der Waals surface area (Å²) in [6.45, 7) is 5.62. The monoisotopic (exact) mass is 256 g/mol. The van der Waals surface area contributed by atoms with E-state index >= 15 is 0 Å². The standard InChI is InChI=1S/C17H24N2/c1-14(2)11-17(9-5-6-10-17)13-19-16-8-4-3-7-15(16)12-18/h3-4,7-8,14,19H,5-6,9-11,13H2,1-2H3. The van der Waals surface area contributed by atoms with E-state index in [1.165, 1.54) is 32.1 Å². The summed E-state index contributed by atoms with van der Waals surface area (Å²) in [6, 6.07) is 10.1. The zero-order chi connectivity index (χ0) is 13.7. The minimum atomic E-state index is 0.441. The molecule has 0 aromatic heterocycles. The Kier molecular flexibility index (Phi) is 4.47. The van der Waals surface area contributed by atoms with E-state index in [9.17, 15) is 0 Å². The van der Waals surface area contributed by atoms with Crippen molar-refractivity contribution in [3.8, 4) is 6.07 Å². The summed E-state index contributed by atoms with van der Waals surface area (Å²) in [5.41, 5.74) is 2.18. The van der Waals surface area contributed by atoms with Crippen LogP contribution in [0.5, 0.6) is 0 Å². The number of hydrogen-bond acceptors (Lipinski definition) is 2. The predicted octanol–water partition coefficient (Wildman–Crippen LogP) is 4.58. The molecule has 0 unspecified atom stereocenters. The van der Waals surface area contributed by atoms with Crippen LogP contribution in [0.1, 0.15) is 51.5 Å². The average Bonchev–Trinajstić information content (AvgIpc) is 2.85. The van der Waals surface area contributed by atoms with Gasteiger partial charge in [0.1, 0.15) is 6.07 Å². The minimum Gasteiger partial charge on any atom is -0.383 e. The summed E-state index contributed by atoms with van der Waals surface area (Å²) in [5.74, 6) is 0.742. The molecule has 102 valence electrons. The van der Waals surface area contributed by atoms with Crippen molar-refractivity contribution in [2.24, 2.45) is 11.3 Å². The van der Waals surface area contributed by atoms with Crippen LogP contribution < -0.4 is 5.32 Å². The van der Waals surface area contributed by atoms with Crippen LogP contribution in [0.3, 0.4) is 0 Å². The number of rotatable bonds is 5. The van der Waals surface area contributed by atoms with Crippen molar-refractivity contribution in [1.82, 2.24) is 0 Å². The molecule has 0 heterocycles. The summed E-state index contributed by atoms with van der Waals surface area (Å²) in [6.07, 6.45) is 6.65. The van der Waals surface area contributed by atoms with Gasteiger partial charge in [0.05, 0.1) is 11.3 Å². The molecule has 0 saturated heterocycles. The van der Waals surface area contributed by atoms with Crippen molar-refractivity contribution in [3.05, 3.63) is 29.8 Å². The molecule has 1 N–H and O–H groups in total. The molecule has 0 bridgehead atoms. The second-order valence-electron chi connectivity index (χ2n) is 6.32. The van der Waals surface area contributed by atoms with Gasteiger partial charge in [-0.2, -0.15) is 5.26 Å². The molecule has 0 radical (unpaired) electrons. The SMILES string of the molecule is CC(C)CC1(CNc2ccccc2C#N)CCCC1. The Hall–Kier alpha value is -1.49. The van der Waals surface area contributed by atoms with Crippen LogP contribution in [0.25, 0.3) is 0 Å². The molecular formula is C17H24N2. The van der Waals surface area contributed by atoms with E-state index in [2.05, 4.69) is 25.2 Å². The Balaban J connectivity index is 2.05. The molecule has 1 saturated carbocycles. The second-order valence-corrected chi connectivity index (χ2v) is 6.32. The van der Waals surface area contributed by atoms with Gasteiger partial charge in [-0.15, -0.1) is 0 Å². The highest BCUT2D eigenvalue weighted by Gasteiger charge is 2.34. The highest BCUT2D eigenvalue weighted by molar-refractivity contribution is 5.57. The fourth-order valence-electron chi connectivity index (χ4n) is 3.46. The molecule has 1 aromatic carbocycles. The first-order valence-electron chi connectivity index (χ1n) is 7.38. The quantitative estimate of drug-likeness (QED) is 0.837. The maximum Gasteiger partial charge on any atom is 0.101 e. The van der Waals surface area contributed by atoms with Crippen LogP contribution in [0, 0.1) is 22.7 Å². The first kappa shape index (κ1) is 13.9. The number of para-hydroxylation sites is 1. The van der Waals surface area contributed by atoms with Crippen molar-refractivity contribution in [2.45, 2.75) is 46.0 Å². The van der Waals surface area contributed by atoms with Crippen molar-refractivity contribution in [1.29, 1.82) is 5.26 Å². The van der Waals surface area contributed by atoms with Crippen molar-refractivity contribution < 1.29 is 0 Å². The summed E-state index contributed by atoms with van der Waals surface area (Å²) < 4.78 is 0. The van der Waals surface area contributed by atoms with E-state index in [1.54, 1.807) is 0 Å². The van der Waals surface area contributed by atoms with Gasteiger partial charge in [0.15, 0.2) is 0 Å². The third-order valence-corrected chi connectivity index (χ3v) is 4.21. The topological polar surface area (TPSA) is 35.8 Å². The minimum absolute atomic E-state index is 0.441. The predicted molar refractivity (Wildman–Crippen MR) is 80.0 cm³/mol. The molecule has 19 heavy (non-hydrogen) atoms. The Labute approximate surface area is 116 Å². The van der Waals surface area contributed by atoms with Crippen LogP contribution in [0.2, 0.25) is 0 Å². The number of nitriles is 1. The third kappa shape index (κ3) is 3.50. The van der Waals surface area contributed by atoms with Crippen LogP contribution in [-0.2, 0) is 0 Å².